The number of aromatic amines is 1. The fourth-order valence-corrected chi connectivity index (χ4v) is 2.95. The van der Waals surface area contributed by atoms with Crippen LogP contribution in [0.4, 0.5) is 0 Å². The van der Waals surface area contributed by atoms with E-state index in [1.54, 1.807) is 13.3 Å². The van der Waals surface area contributed by atoms with Crippen molar-refractivity contribution >= 4 is 5.91 Å². The van der Waals surface area contributed by atoms with Gasteiger partial charge in [0.05, 0.1) is 25.5 Å². The molecule has 1 amide bonds. The van der Waals surface area contributed by atoms with Crippen molar-refractivity contribution in [2.24, 2.45) is 5.92 Å². The van der Waals surface area contributed by atoms with Crippen molar-refractivity contribution < 1.29 is 14.3 Å². The third-order valence-electron chi connectivity index (χ3n) is 4.27. The molecule has 2 aromatic rings. The van der Waals surface area contributed by atoms with E-state index in [4.69, 9.17) is 9.47 Å². The Kier molecular flexibility index (Phi) is 5.03. The first-order chi connectivity index (χ1) is 11.7. The first-order valence-electron chi connectivity index (χ1n) is 8.31. The van der Waals surface area contributed by atoms with Gasteiger partial charge < -0.3 is 14.8 Å². The number of methoxy groups -OCH3 is 1. The molecule has 0 unspecified atom stereocenters. The van der Waals surface area contributed by atoms with E-state index >= 15 is 0 Å². The van der Waals surface area contributed by atoms with Crippen LogP contribution in [0.5, 0.6) is 11.5 Å². The van der Waals surface area contributed by atoms with Crippen LogP contribution in [-0.2, 0) is 12.8 Å². The van der Waals surface area contributed by atoms with Crippen molar-refractivity contribution in [2.75, 3.05) is 20.3 Å². The van der Waals surface area contributed by atoms with E-state index < -0.39 is 0 Å². The van der Waals surface area contributed by atoms with Crippen molar-refractivity contribution in [1.29, 1.82) is 0 Å². The fourth-order valence-electron chi connectivity index (χ4n) is 2.95. The number of nitrogens with zero attached hydrogens (tertiary/aromatic N) is 1. The van der Waals surface area contributed by atoms with Crippen molar-refractivity contribution in [3.05, 3.63) is 41.2 Å². The number of fused-ring (bicyclic) bond motifs is 1. The number of H-pyrrole nitrogens is 1. The lowest BCUT2D eigenvalue weighted by Gasteiger charge is -2.25. The highest BCUT2D eigenvalue weighted by Gasteiger charge is 2.22. The van der Waals surface area contributed by atoms with Crippen molar-refractivity contribution in [2.45, 2.75) is 26.2 Å². The van der Waals surface area contributed by atoms with Gasteiger partial charge >= 0.3 is 0 Å². The molecule has 128 valence electrons. The number of aromatic nitrogens is 2. The van der Waals surface area contributed by atoms with E-state index in [1.807, 2.05) is 18.2 Å². The lowest BCUT2D eigenvalue weighted by Crippen LogP contribution is -2.35. The molecule has 1 aliphatic heterocycles. The lowest BCUT2D eigenvalue weighted by molar-refractivity contribution is 0.0938. The van der Waals surface area contributed by atoms with Gasteiger partial charge in [0, 0.05) is 24.2 Å². The maximum absolute atomic E-state index is 12.3. The molecule has 1 atom stereocenters. The van der Waals surface area contributed by atoms with Gasteiger partial charge in [0.25, 0.3) is 5.91 Å². The Labute approximate surface area is 141 Å². The molecule has 0 saturated heterocycles. The average Bonchev–Trinajstić information content (AvgIpc) is 3.07. The molecular weight excluding hydrogens is 306 g/mol. The molecule has 6 heteroatoms. The second-order valence-corrected chi connectivity index (χ2v) is 6.08. The first-order valence-corrected chi connectivity index (χ1v) is 8.31. The highest BCUT2D eigenvalue weighted by molar-refractivity contribution is 5.95. The maximum Gasteiger partial charge on any atom is 0.254 e. The molecule has 0 fully saturated rings. The normalized spacial score (nSPS) is 16.2. The van der Waals surface area contributed by atoms with E-state index in [1.165, 1.54) is 0 Å². The summed E-state index contributed by atoms with van der Waals surface area (Å²) < 4.78 is 11.0. The second kappa shape index (κ2) is 7.38. The largest absolute Gasteiger partial charge is 0.497 e. The number of carbonyl (C=O) groups excluding carboxylic acids is 1. The minimum Gasteiger partial charge on any atom is -0.497 e. The number of carbonyl (C=O) groups is 1. The summed E-state index contributed by atoms with van der Waals surface area (Å²) in [5.74, 6) is 1.85. The average molecular weight is 329 g/mol. The van der Waals surface area contributed by atoms with E-state index in [-0.39, 0.29) is 11.8 Å². The molecule has 1 aliphatic rings. The second-order valence-electron chi connectivity index (χ2n) is 6.08. The molecule has 2 heterocycles. The van der Waals surface area contributed by atoms with E-state index in [0.29, 0.717) is 18.7 Å². The minimum atomic E-state index is -0.0762. The van der Waals surface area contributed by atoms with E-state index in [0.717, 1.165) is 42.0 Å². The van der Waals surface area contributed by atoms with Gasteiger partial charge in [0.15, 0.2) is 0 Å². The number of ether oxygens (including phenoxy) is 2. The molecule has 2 N–H and O–H groups in total. The molecular formula is C18H23N3O3. The van der Waals surface area contributed by atoms with E-state index in [9.17, 15) is 4.79 Å². The summed E-state index contributed by atoms with van der Waals surface area (Å²) >= 11 is 0. The summed E-state index contributed by atoms with van der Waals surface area (Å²) in [6.07, 6.45) is 4.27. The van der Waals surface area contributed by atoms with Crippen LogP contribution >= 0.6 is 0 Å². The third-order valence-corrected chi connectivity index (χ3v) is 4.27. The Hall–Kier alpha value is -2.50. The zero-order valence-electron chi connectivity index (χ0n) is 14.1. The number of aryl methyl sites for hydroxylation is 1. The Morgan fingerprint density at radius 3 is 3.17 bits per heavy atom. The Morgan fingerprint density at radius 2 is 2.38 bits per heavy atom. The van der Waals surface area contributed by atoms with Crippen LogP contribution in [0.25, 0.3) is 0 Å². The van der Waals surface area contributed by atoms with Gasteiger partial charge in [0.2, 0.25) is 0 Å². The third kappa shape index (κ3) is 3.53. The highest BCUT2D eigenvalue weighted by atomic mass is 16.5. The molecule has 24 heavy (non-hydrogen) atoms. The zero-order valence-corrected chi connectivity index (χ0v) is 14.1. The molecule has 0 radical (unpaired) electrons. The predicted octanol–water partition coefficient (Wildman–Crippen LogP) is 2.35. The Bertz CT molecular complexity index is 711. The van der Waals surface area contributed by atoms with Gasteiger partial charge in [-0.05, 0) is 24.5 Å². The fraction of sp³-hybridized carbons (Fsp3) is 0.444. The number of rotatable bonds is 6. The van der Waals surface area contributed by atoms with Gasteiger partial charge in [-0.15, -0.1) is 0 Å². The molecule has 0 saturated carbocycles. The summed E-state index contributed by atoms with van der Waals surface area (Å²) in [6, 6.07) is 5.87. The summed E-state index contributed by atoms with van der Waals surface area (Å²) in [5.41, 5.74) is 2.68. The molecule has 6 nitrogen and oxygen atoms in total. The summed E-state index contributed by atoms with van der Waals surface area (Å²) in [6.45, 7) is 3.25. The number of amides is 1. The molecule has 1 aromatic heterocycles. The van der Waals surface area contributed by atoms with Crippen LogP contribution in [0.3, 0.4) is 0 Å². The molecule has 0 spiro atoms. The highest BCUT2D eigenvalue weighted by Crippen LogP contribution is 2.30. The monoisotopic (exact) mass is 329 g/mol. The molecule has 1 aromatic carbocycles. The minimum absolute atomic E-state index is 0.0762. The SMILES string of the molecule is CCCc1[nH]ncc1C(=O)NC[C@@H]1COc2cc(OC)ccc2C1. The quantitative estimate of drug-likeness (QED) is 0.853. The van der Waals surface area contributed by atoms with Crippen LogP contribution in [0.2, 0.25) is 0 Å². The Balaban J connectivity index is 1.57. The summed E-state index contributed by atoms with van der Waals surface area (Å²) in [4.78, 5) is 12.3. The standard InChI is InChI=1S/C18H23N3O3/c1-3-4-16-15(10-20-21-16)18(22)19-9-12-7-13-5-6-14(23-2)8-17(13)24-11-12/h5-6,8,10,12H,3-4,7,9,11H2,1-2H3,(H,19,22)(H,20,21)/t12-/m1/s1. The van der Waals surface area contributed by atoms with Crippen LogP contribution in [-0.4, -0.2) is 36.4 Å². The summed E-state index contributed by atoms with van der Waals surface area (Å²) in [7, 11) is 1.64. The topological polar surface area (TPSA) is 76.2 Å². The smallest absolute Gasteiger partial charge is 0.254 e. The van der Waals surface area contributed by atoms with Crippen LogP contribution in [0.1, 0.15) is 35.0 Å². The van der Waals surface area contributed by atoms with Crippen molar-refractivity contribution in [1.82, 2.24) is 15.5 Å². The number of hydrogen-bond donors (Lipinski definition) is 2. The van der Waals surface area contributed by atoms with Gasteiger partial charge in [0.1, 0.15) is 11.5 Å². The Morgan fingerprint density at radius 1 is 1.50 bits per heavy atom. The summed E-state index contributed by atoms with van der Waals surface area (Å²) in [5, 5.41) is 9.89. The maximum atomic E-state index is 12.3. The molecule has 0 aliphatic carbocycles. The zero-order chi connectivity index (χ0) is 16.9. The van der Waals surface area contributed by atoms with Crippen molar-refractivity contribution in [3.63, 3.8) is 0 Å². The molecule has 0 bridgehead atoms. The number of hydrogen-bond acceptors (Lipinski definition) is 4. The lowest BCUT2D eigenvalue weighted by atomic mass is 9.96. The van der Waals surface area contributed by atoms with Gasteiger partial charge in [-0.3, -0.25) is 9.89 Å². The number of nitrogens with one attached hydrogen (secondary N) is 2. The molecule has 3 rings (SSSR count). The van der Waals surface area contributed by atoms with E-state index in [2.05, 4.69) is 22.4 Å². The number of benzene rings is 1. The first kappa shape index (κ1) is 16.4. The van der Waals surface area contributed by atoms with Gasteiger partial charge in [-0.25, -0.2) is 0 Å². The van der Waals surface area contributed by atoms with Crippen LogP contribution < -0.4 is 14.8 Å². The van der Waals surface area contributed by atoms with Crippen LogP contribution in [0.15, 0.2) is 24.4 Å². The predicted molar refractivity (Wildman–Crippen MR) is 90.6 cm³/mol. The van der Waals surface area contributed by atoms with Crippen LogP contribution in [0, 0.1) is 5.92 Å². The van der Waals surface area contributed by atoms with Gasteiger partial charge in [-0.2, -0.15) is 5.10 Å². The van der Waals surface area contributed by atoms with Gasteiger partial charge in [-0.1, -0.05) is 19.4 Å². The van der Waals surface area contributed by atoms with Crippen molar-refractivity contribution in [3.8, 4) is 11.5 Å².